The molecule has 0 atom stereocenters. The minimum Gasteiger partial charge on any atom is -0.454 e. The Balaban J connectivity index is 1.16. The maximum atomic E-state index is 12.8. The number of fused-ring (bicyclic) bond motifs is 1. The van der Waals surface area contributed by atoms with Crippen LogP contribution in [0.4, 0.5) is 5.69 Å². The molecule has 2 aliphatic heterocycles. The summed E-state index contributed by atoms with van der Waals surface area (Å²) < 4.78 is 12.2. The highest BCUT2D eigenvalue weighted by Gasteiger charge is 2.28. The Morgan fingerprint density at radius 3 is 2.52 bits per heavy atom. The van der Waals surface area contributed by atoms with Crippen molar-refractivity contribution in [3.8, 4) is 17.2 Å². The number of ether oxygens (including phenoxy) is 2. The Bertz CT molecular complexity index is 1090. The van der Waals surface area contributed by atoms with Crippen molar-refractivity contribution in [2.75, 3.05) is 25.2 Å². The van der Waals surface area contributed by atoms with Gasteiger partial charge in [0.25, 0.3) is 5.91 Å². The Morgan fingerprint density at radius 2 is 1.77 bits per heavy atom. The van der Waals surface area contributed by atoms with Crippen LogP contribution >= 0.6 is 0 Å². The van der Waals surface area contributed by atoms with Crippen molar-refractivity contribution in [1.82, 2.24) is 25.1 Å². The number of tetrazole rings is 1. The quantitative estimate of drug-likeness (QED) is 0.686. The molecule has 1 saturated heterocycles. The van der Waals surface area contributed by atoms with E-state index in [0.29, 0.717) is 48.7 Å². The number of hydrogen-bond acceptors (Lipinski definition) is 7. The highest BCUT2D eigenvalue weighted by molar-refractivity contribution is 5.95. The second-order valence-corrected chi connectivity index (χ2v) is 7.43. The number of amides is 2. The zero-order valence-corrected chi connectivity index (χ0v) is 16.6. The van der Waals surface area contributed by atoms with E-state index in [1.165, 1.54) is 11.0 Å². The van der Waals surface area contributed by atoms with E-state index in [-0.39, 0.29) is 24.5 Å². The van der Waals surface area contributed by atoms with E-state index in [1.807, 2.05) is 0 Å². The summed E-state index contributed by atoms with van der Waals surface area (Å²) in [6.07, 6.45) is 2.73. The van der Waals surface area contributed by atoms with Gasteiger partial charge in [-0.1, -0.05) is 0 Å². The number of nitrogens with zero attached hydrogens (tertiary/aromatic N) is 5. The van der Waals surface area contributed by atoms with Crippen LogP contribution in [-0.2, 0) is 4.79 Å². The monoisotopic (exact) mass is 420 g/mol. The minimum absolute atomic E-state index is 0.0436. The molecule has 0 saturated carbocycles. The van der Waals surface area contributed by atoms with Gasteiger partial charge in [-0.25, -0.2) is 4.68 Å². The van der Waals surface area contributed by atoms with E-state index in [9.17, 15) is 9.59 Å². The molecule has 0 aliphatic carbocycles. The van der Waals surface area contributed by atoms with Crippen molar-refractivity contribution >= 4 is 17.5 Å². The number of rotatable bonds is 4. The van der Waals surface area contributed by atoms with E-state index < -0.39 is 0 Å². The van der Waals surface area contributed by atoms with Crippen LogP contribution in [0, 0.1) is 5.92 Å². The van der Waals surface area contributed by atoms with Gasteiger partial charge in [0.2, 0.25) is 12.7 Å². The molecule has 1 N–H and O–H groups in total. The molecule has 10 nitrogen and oxygen atoms in total. The van der Waals surface area contributed by atoms with Crippen LogP contribution in [0.2, 0.25) is 0 Å². The molecule has 3 heterocycles. The summed E-state index contributed by atoms with van der Waals surface area (Å²) in [6.45, 7) is 1.26. The predicted molar refractivity (Wildman–Crippen MR) is 109 cm³/mol. The van der Waals surface area contributed by atoms with Gasteiger partial charge in [0.05, 0.1) is 5.69 Å². The zero-order chi connectivity index (χ0) is 21.2. The molecule has 10 heteroatoms. The first-order valence-corrected chi connectivity index (χ1v) is 10.0. The van der Waals surface area contributed by atoms with Gasteiger partial charge in [-0.3, -0.25) is 9.59 Å². The summed E-state index contributed by atoms with van der Waals surface area (Å²) in [7, 11) is 0. The highest BCUT2D eigenvalue weighted by atomic mass is 16.7. The van der Waals surface area contributed by atoms with Crippen LogP contribution in [0.5, 0.6) is 11.5 Å². The van der Waals surface area contributed by atoms with Crippen LogP contribution in [-0.4, -0.2) is 56.8 Å². The zero-order valence-electron chi connectivity index (χ0n) is 16.6. The maximum Gasteiger partial charge on any atom is 0.253 e. The number of likely N-dealkylation sites (tertiary alicyclic amines) is 1. The molecule has 2 amide bonds. The van der Waals surface area contributed by atoms with E-state index in [0.717, 1.165) is 5.69 Å². The van der Waals surface area contributed by atoms with Crippen molar-refractivity contribution in [3.63, 3.8) is 0 Å². The fourth-order valence-corrected chi connectivity index (χ4v) is 3.78. The predicted octanol–water partition coefficient (Wildman–Crippen LogP) is 1.88. The number of nitrogens with one attached hydrogen (secondary N) is 1. The van der Waals surface area contributed by atoms with E-state index >= 15 is 0 Å². The van der Waals surface area contributed by atoms with Crippen molar-refractivity contribution in [2.24, 2.45) is 5.92 Å². The Hall–Kier alpha value is -3.95. The first kappa shape index (κ1) is 19.0. The van der Waals surface area contributed by atoms with Crippen molar-refractivity contribution in [1.29, 1.82) is 0 Å². The Labute approximate surface area is 177 Å². The lowest BCUT2D eigenvalue weighted by Crippen LogP contribution is -2.41. The smallest absolute Gasteiger partial charge is 0.253 e. The summed E-state index contributed by atoms with van der Waals surface area (Å²) >= 11 is 0. The van der Waals surface area contributed by atoms with Crippen molar-refractivity contribution in [3.05, 3.63) is 54.4 Å². The molecule has 2 aliphatic rings. The first-order valence-electron chi connectivity index (χ1n) is 10.0. The maximum absolute atomic E-state index is 12.8. The minimum atomic E-state index is -0.142. The number of carbonyl (C=O) groups is 2. The molecular weight excluding hydrogens is 400 g/mol. The number of carbonyl (C=O) groups excluding carboxylic acids is 2. The second-order valence-electron chi connectivity index (χ2n) is 7.43. The molecule has 2 aromatic carbocycles. The molecule has 3 aromatic rings. The van der Waals surface area contributed by atoms with Gasteiger partial charge in [-0.2, -0.15) is 0 Å². The lowest BCUT2D eigenvalue weighted by molar-refractivity contribution is -0.121. The summed E-state index contributed by atoms with van der Waals surface area (Å²) in [5, 5.41) is 14.0. The largest absolute Gasteiger partial charge is 0.454 e. The molecule has 5 rings (SSSR count). The van der Waals surface area contributed by atoms with Gasteiger partial charge in [0, 0.05) is 36.3 Å². The lowest BCUT2D eigenvalue weighted by Gasteiger charge is -2.31. The van der Waals surface area contributed by atoms with Crippen LogP contribution in [0.25, 0.3) is 5.69 Å². The number of piperidine rings is 1. The highest BCUT2D eigenvalue weighted by Crippen LogP contribution is 2.34. The third-order valence-corrected chi connectivity index (χ3v) is 5.52. The third kappa shape index (κ3) is 3.91. The molecule has 158 valence electrons. The van der Waals surface area contributed by atoms with Crippen LogP contribution in [0.15, 0.2) is 48.8 Å². The van der Waals surface area contributed by atoms with Gasteiger partial charge < -0.3 is 19.7 Å². The first-order chi connectivity index (χ1) is 15.2. The molecule has 0 spiro atoms. The number of anilines is 1. The average Bonchev–Trinajstić information content (AvgIpc) is 3.51. The normalized spacial score (nSPS) is 15.7. The molecule has 0 radical (unpaired) electrons. The summed E-state index contributed by atoms with van der Waals surface area (Å²) in [5.41, 5.74) is 2.05. The fourth-order valence-electron chi connectivity index (χ4n) is 3.78. The van der Waals surface area contributed by atoms with Gasteiger partial charge in [-0.05, 0) is 59.7 Å². The summed E-state index contributed by atoms with van der Waals surface area (Å²) in [4.78, 5) is 27.3. The molecule has 1 fully saturated rings. The van der Waals surface area contributed by atoms with Crippen LogP contribution in [0.1, 0.15) is 23.2 Å². The topological polar surface area (TPSA) is 111 Å². The third-order valence-electron chi connectivity index (χ3n) is 5.52. The number of hydrogen-bond donors (Lipinski definition) is 1. The van der Waals surface area contributed by atoms with Gasteiger partial charge in [0.1, 0.15) is 6.33 Å². The standard InChI is InChI=1S/C21H20N6O4/c28-20(23-16-3-6-18-19(11-16)31-13-30-18)14-7-9-26(10-8-14)21(29)15-1-4-17(5-2-15)27-12-22-24-25-27/h1-6,11-12,14H,7-10,13H2,(H,23,28). The average molecular weight is 420 g/mol. The van der Waals surface area contributed by atoms with Crippen molar-refractivity contribution < 1.29 is 19.1 Å². The molecule has 31 heavy (non-hydrogen) atoms. The molecule has 1 aromatic heterocycles. The molecular formula is C21H20N6O4. The molecule has 0 unspecified atom stereocenters. The van der Waals surface area contributed by atoms with Gasteiger partial charge in [-0.15, -0.1) is 5.10 Å². The van der Waals surface area contributed by atoms with Crippen LogP contribution < -0.4 is 14.8 Å². The Morgan fingerprint density at radius 1 is 1.00 bits per heavy atom. The van der Waals surface area contributed by atoms with E-state index in [1.54, 1.807) is 47.4 Å². The summed E-state index contributed by atoms with van der Waals surface area (Å²) in [6, 6.07) is 12.5. The number of aromatic nitrogens is 4. The van der Waals surface area contributed by atoms with Crippen LogP contribution in [0.3, 0.4) is 0 Å². The van der Waals surface area contributed by atoms with E-state index in [2.05, 4.69) is 20.8 Å². The Kier molecular flexibility index (Phi) is 4.95. The van der Waals surface area contributed by atoms with E-state index in [4.69, 9.17) is 9.47 Å². The summed E-state index contributed by atoms with van der Waals surface area (Å²) in [5.74, 6) is 1.08. The fraction of sp³-hybridized carbons (Fsp3) is 0.286. The SMILES string of the molecule is O=C(Nc1ccc2c(c1)OCO2)C1CCN(C(=O)c2ccc(-n3cnnn3)cc2)CC1. The van der Waals surface area contributed by atoms with Crippen molar-refractivity contribution in [2.45, 2.75) is 12.8 Å². The second kappa shape index (κ2) is 8.05. The number of benzene rings is 2. The lowest BCUT2D eigenvalue weighted by atomic mass is 9.95. The molecule has 0 bridgehead atoms. The van der Waals surface area contributed by atoms with Gasteiger partial charge >= 0.3 is 0 Å². The van der Waals surface area contributed by atoms with Gasteiger partial charge in [0.15, 0.2) is 11.5 Å².